The van der Waals surface area contributed by atoms with Crippen molar-refractivity contribution in [2.75, 3.05) is 18.0 Å². The number of pyridine rings is 1. The zero-order chi connectivity index (χ0) is 19.3. The van der Waals surface area contributed by atoms with Gasteiger partial charge >= 0.3 is 0 Å². The number of aromatic nitrogens is 1. The van der Waals surface area contributed by atoms with E-state index in [4.69, 9.17) is 5.73 Å². The van der Waals surface area contributed by atoms with Crippen molar-refractivity contribution in [3.05, 3.63) is 71.4 Å². The molecule has 0 fully saturated rings. The number of rotatable bonds is 7. The number of hydrogen-bond donors (Lipinski definition) is 1. The van der Waals surface area contributed by atoms with Gasteiger partial charge in [-0.15, -0.1) is 0 Å². The van der Waals surface area contributed by atoms with Crippen molar-refractivity contribution in [1.29, 1.82) is 0 Å². The van der Waals surface area contributed by atoms with E-state index < -0.39 is 0 Å². The van der Waals surface area contributed by atoms with Crippen molar-refractivity contribution in [3.63, 3.8) is 0 Å². The number of aryl methyl sites for hydroxylation is 1. The molecule has 0 saturated heterocycles. The van der Waals surface area contributed by atoms with Crippen molar-refractivity contribution < 1.29 is 4.57 Å². The number of nitrogens with two attached hydrogens (primary N) is 1. The summed E-state index contributed by atoms with van der Waals surface area (Å²) in [4.78, 5) is 3.83. The molecule has 0 amide bonds. The van der Waals surface area contributed by atoms with Crippen LogP contribution in [0.3, 0.4) is 0 Å². The van der Waals surface area contributed by atoms with E-state index in [-0.39, 0.29) is 0 Å². The second-order valence-corrected chi connectivity index (χ2v) is 8.24. The van der Waals surface area contributed by atoms with E-state index in [0.717, 1.165) is 19.5 Å². The first kappa shape index (κ1) is 19.0. The van der Waals surface area contributed by atoms with Crippen LogP contribution in [-0.2, 0) is 6.54 Å². The van der Waals surface area contributed by atoms with E-state index in [2.05, 4.69) is 83.3 Å². The van der Waals surface area contributed by atoms with Crippen molar-refractivity contribution in [2.45, 2.75) is 37.6 Å². The Morgan fingerprint density at radius 2 is 1.86 bits per heavy atom. The zero-order valence-electron chi connectivity index (χ0n) is 16.5. The van der Waals surface area contributed by atoms with Crippen LogP contribution in [-0.4, -0.2) is 13.1 Å². The lowest BCUT2D eigenvalue weighted by atomic mass is 10.1. The summed E-state index contributed by atoms with van der Waals surface area (Å²) in [5.74, 6) is 0. The van der Waals surface area contributed by atoms with Crippen molar-refractivity contribution in [2.24, 2.45) is 5.73 Å². The molecule has 2 aromatic carbocycles. The maximum Gasteiger partial charge on any atom is 0.213 e. The normalized spacial score (nSPS) is 14.8. The van der Waals surface area contributed by atoms with E-state index >= 15 is 0 Å². The van der Waals surface area contributed by atoms with Gasteiger partial charge in [0.2, 0.25) is 5.52 Å². The fourth-order valence-corrected chi connectivity index (χ4v) is 4.87. The molecular formula is C24H28N3S+. The summed E-state index contributed by atoms with van der Waals surface area (Å²) in [7, 11) is 0. The third kappa shape index (κ3) is 3.80. The van der Waals surface area contributed by atoms with Crippen LogP contribution in [0.15, 0.2) is 70.7 Å². The average molecular weight is 391 g/mol. The molecule has 1 aliphatic heterocycles. The highest BCUT2D eigenvalue weighted by molar-refractivity contribution is 8.03. The molecule has 4 rings (SSSR count). The number of thioether (sulfide) groups is 1. The van der Waals surface area contributed by atoms with Crippen LogP contribution < -0.4 is 15.2 Å². The van der Waals surface area contributed by atoms with Crippen LogP contribution in [0, 0.1) is 0 Å². The van der Waals surface area contributed by atoms with Crippen molar-refractivity contribution in [3.8, 4) is 0 Å². The molecule has 0 unspecified atom stereocenters. The number of hydrogen-bond acceptors (Lipinski definition) is 3. The van der Waals surface area contributed by atoms with E-state index in [9.17, 15) is 0 Å². The fourth-order valence-electron chi connectivity index (χ4n) is 3.73. The summed E-state index contributed by atoms with van der Waals surface area (Å²) in [5.41, 5.74) is 9.61. The minimum absolute atomic E-state index is 0.717. The first-order valence-corrected chi connectivity index (χ1v) is 11.0. The van der Waals surface area contributed by atoms with Gasteiger partial charge in [-0.2, -0.15) is 4.57 Å². The molecule has 144 valence electrons. The molecule has 3 nitrogen and oxygen atoms in total. The molecular weight excluding hydrogens is 362 g/mol. The van der Waals surface area contributed by atoms with Crippen LogP contribution in [0.1, 0.15) is 31.7 Å². The first-order chi connectivity index (χ1) is 13.8. The van der Waals surface area contributed by atoms with Crippen molar-refractivity contribution >= 4 is 34.4 Å². The second kappa shape index (κ2) is 8.80. The molecule has 3 aromatic rings. The molecule has 0 atom stereocenters. The highest BCUT2D eigenvalue weighted by atomic mass is 32.2. The molecule has 0 spiro atoms. The lowest BCUT2D eigenvalue weighted by molar-refractivity contribution is -0.671. The molecule has 0 aliphatic carbocycles. The van der Waals surface area contributed by atoms with Gasteiger partial charge in [0.05, 0.1) is 16.1 Å². The second-order valence-electron chi connectivity index (χ2n) is 7.18. The Morgan fingerprint density at radius 1 is 1.04 bits per heavy atom. The zero-order valence-corrected chi connectivity index (χ0v) is 17.3. The maximum absolute atomic E-state index is 5.73. The highest BCUT2D eigenvalue weighted by Gasteiger charge is 2.24. The van der Waals surface area contributed by atoms with Gasteiger partial charge in [-0.25, -0.2) is 0 Å². The molecule has 0 radical (unpaired) electrons. The van der Waals surface area contributed by atoms with Gasteiger partial charge in [0.25, 0.3) is 0 Å². The molecule has 0 saturated carbocycles. The number of benzene rings is 2. The summed E-state index contributed by atoms with van der Waals surface area (Å²) < 4.78 is 2.32. The molecule has 0 bridgehead atoms. The predicted octanol–water partition coefficient (Wildman–Crippen LogP) is 5.19. The number of unbranched alkanes of at least 4 members (excludes halogenated alkanes) is 1. The molecule has 1 aromatic heterocycles. The topological polar surface area (TPSA) is 33.1 Å². The van der Waals surface area contributed by atoms with E-state index in [0.29, 0.717) is 6.54 Å². The van der Waals surface area contributed by atoms with Crippen LogP contribution >= 0.6 is 11.8 Å². The van der Waals surface area contributed by atoms with E-state index in [1.54, 1.807) is 0 Å². The summed E-state index contributed by atoms with van der Waals surface area (Å²) >= 11 is 1.88. The van der Waals surface area contributed by atoms with Gasteiger partial charge in [0.1, 0.15) is 6.54 Å². The molecule has 2 N–H and O–H groups in total. The first-order valence-electron chi connectivity index (χ1n) is 10.2. The Hall–Kier alpha value is -2.30. The Kier molecular flexibility index (Phi) is 5.98. The number of fused-ring (bicyclic) bond motifs is 2. The standard InChI is InChI=1S/C24H28N3S/c1-2-3-16-27-22-11-6-7-12-23(22)28-24(27)18-19-13-17-26(15-8-14-25)21-10-5-4-9-20(19)21/h4-7,9-13,17-18H,2-3,8,14-16,25H2,1H3/q+1. The quantitative estimate of drug-likeness (QED) is 0.564. The van der Waals surface area contributed by atoms with Gasteiger partial charge in [0, 0.05) is 30.0 Å². The van der Waals surface area contributed by atoms with Gasteiger partial charge in [0.15, 0.2) is 6.20 Å². The predicted molar refractivity (Wildman–Crippen MR) is 120 cm³/mol. The van der Waals surface area contributed by atoms with Gasteiger partial charge in [-0.1, -0.05) is 49.4 Å². The highest BCUT2D eigenvalue weighted by Crippen LogP contribution is 2.46. The fraction of sp³-hybridized carbons (Fsp3) is 0.292. The van der Waals surface area contributed by atoms with Gasteiger partial charge in [-0.3, -0.25) is 0 Å². The van der Waals surface area contributed by atoms with Crippen LogP contribution in [0.25, 0.3) is 17.0 Å². The minimum Gasteiger partial charge on any atom is -0.335 e. The lowest BCUT2D eigenvalue weighted by Crippen LogP contribution is -2.35. The summed E-state index contributed by atoms with van der Waals surface area (Å²) in [6.45, 7) is 4.99. The summed E-state index contributed by atoms with van der Waals surface area (Å²) in [6, 6.07) is 19.7. The Balaban J connectivity index is 1.75. The van der Waals surface area contributed by atoms with Crippen molar-refractivity contribution in [1.82, 2.24) is 0 Å². The maximum atomic E-state index is 5.73. The third-order valence-electron chi connectivity index (χ3n) is 5.21. The Bertz CT molecular complexity index is 996. The molecule has 2 heterocycles. The average Bonchev–Trinajstić information content (AvgIpc) is 3.08. The summed E-state index contributed by atoms with van der Waals surface area (Å²) in [6.07, 6.45) is 7.95. The SMILES string of the molecule is CCCCN1/C(=C/c2cc[n+](CCCN)c3ccccc23)Sc2ccccc21. The number of anilines is 1. The van der Waals surface area contributed by atoms with Crippen LogP contribution in [0.2, 0.25) is 0 Å². The number of nitrogens with zero attached hydrogens (tertiary/aromatic N) is 2. The minimum atomic E-state index is 0.717. The van der Waals surface area contributed by atoms with Crippen LogP contribution in [0.4, 0.5) is 5.69 Å². The molecule has 1 aliphatic rings. The molecule has 4 heteroatoms. The van der Waals surface area contributed by atoms with E-state index in [1.165, 1.54) is 44.9 Å². The Labute approximate surface area is 171 Å². The third-order valence-corrected chi connectivity index (χ3v) is 6.33. The Morgan fingerprint density at radius 3 is 2.71 bits per heavy atom. The van der Waals surface area contributed by atoms with Gasteiger partial charge < -0.3 is 10.6 Å². The molecule has 28 heavy (non-hydrogen) atoms. The number of para-hydroxylation sites is 2. The van der Waals surface area contributed by atoms with Crippen LogP contribution in [0.5, 0.6) is 0 Å². The lowest BCUT2D eigenvalue weighted by Gasteiger charge is -2.20. The smallest absolute Gasteiger partial charge is 0.213 e. The summed E-state index contributed by atoms with van der Waals surface area (Å²) in [5, 5.41) is 2.61. The monoisotopic (exact) mass is 390 g/mol. The van der Waals surface area contributed by atoms with E-state index in [1.807, 2.05) is 11.8 Å². The largest absolute Gasteiger partial charge is 0.335 e. The van der Waals surface area contributed by atoms with Gasteiger partial charge in [-0.05, 0) is 42.8 Å².